The molecule has 2 aromatic heterocycles. The monoisotopic (exact) mass is 305 g/mol. The van der Waals surface area contributed by atoms with Crippen LogP contribution >= 0.6 is 22.9 Å². The number of hydrogen-bond acceptors (Lipinski definition) is 5. The van der Waals surface area contributed by atoms with Gasteiger partial charge in [-0.05, 0) is 17.7 Å². The quantitative estimate of drug-likeness (QED) is 0.763. The first-order chi connectivity index (χ1) is 9.65. The van der Waals surface area contributed by atoms with E-state index in [4.69, 9.17) is 11.6 Å². The van der Waals surface area contributed by atoms with E-state index in [0.717, 1.165) is 0 Å². The van der Waals surface area contributed by atoms with Gasteiger partial charge in [-0.2, -0.15) is 4.98 Å². The van der Waals surface area contributed by atoms with Crippen LogP contribution in [0.15, 0.2) is 40.0 Å². The summed E-state index contributed by atoms with van der Waals surface area (Å²) in [6, 6.07) is 6.59. The zero-order valence-corrected chi connectivity index (χ0v) is 11.6. The first kappa shape index (κ1) is 12.8. The second kappa shape index (κ2) is 5.07. The van der Waals surface area contributed by atoms with Crippen LogP contribution in [0.25, 0.3) is 22.6 Å². The number of aromatic amines is 1. The Kier molecular flexibility index (Phi) is 3.25. The van der Waals surface area contributed by atoms with E-state index in [1.54, 1.807) is 35.2 Å². The second-order valence-electron chi connectivity index (χ2n) is 3.99. The second-order valence-corrected chi connectivity index (χ2v) is 5.15. The van der Waals surface area contributed by atoms with E-state index in [2.05, 4.69) is 15.0 Å². The van der Waals surface area contributed by atoms with Crippen molar-refractivity contribution in [1.82, 2.24) is 15.0 Å². The van der Waals surface area contributed by atoms with Gasteiger partial charge in [0, 0.05) is 10.4 Å². The highest BCUT2D eigenvalue weighted by molar-refractivity contribution is 7.07. The molecule has 0 aliphatic rings. The summed E-state index contributed by atoms with van der Waals surface area (Å²) in [7, 11) is 0. The fourth-order valence-corrected chi connectivity index (χ4v) is 2.45. The molecule has 1 aromatic carbocycles. The van der Waals surface area contributed by atoms with E-state index < -0.39 is 5.56 Å². The molecule has 0 atom stereocenters. The van der Waals surface area contributed by atoms with Crippen molar-refractivity contribution < 1.29 is 5.11 Å². The molecule has 3 aromatic rings. The molecule has 0 spiro atoms. The minimum atomic E-state index is -0.428. The average Bonchev–Trinajstić information content (AvgIpc) is 2.94. The number of aromatic nitrogens is 3. The Labute approximate surface area is 122 Å². The number of thiazole rings is 1. The maximum Gasteiger partial charge on any atom is 0.262 e. The Hall–Kier alpha value is -2.18. The Balaban J connectivity index is 2.14. The summed E-state index contributed by atoms with van der Waals surface area (Å²) in [4.78, 5) is 22.8. The zero-order chi connectivity index (χ0) is 14.1. The number of nitrogens with zero attached hydrogens (tertiary/aromatic N) is 2. The average molecular weight is 306 g/mol. The number of halogens is 1. The lowest BCUT2D eigenvalue weighted by molar-refractivity contribution is 0.454. The van der Waals surface area contributed by atoms with E-state index in [-0.39, 0.29) is 17.3 Å². The highest BCUT2D eigenvalue weighted by atomic mass is 35.5. The van der Waals surface area contributed by atoms with E-state index in [0.29, 0.717) is 16.3 Å². The van der Waals surface area contributed by atoms with Crippen LogP contribution < -0.4 is 5.56 Å². The Morgan fingerprint density at radius 2 is 2.00 bits per heavy atom. The lowest BCUT2D eigenvalue weighted by atomic mass is 10.1. The van der Waals surface area contributed by atoms with Crippen molar-refractivity contribution in [2.45, 2.75) is 0 Å². The number of benzene rings is 1. The van der Waals surface area contributed by atoms with Gasteiger partial charge in [0.05, 0.1) is 5.51 Å². The summed E-state index contributed by atoms with van der Waals surface area (Å²) in [6.45, 7) is 0. The van der Waals surface area contributed by atoms with Crippen LogP contribution in [0.3, 0.4) is 0 Å². The summed E-state index contributed by atoms with van der Waals surface area (Å²) in [5, 5.41) is 12.3. The van der Waals surface area contributed by atoms with Crippen molar-refractivity contribution in [3.63, 3.8) is 0 Å². The Morgan fingerprint density at radius 1 is 1.25 bits per heavy atom. The third-order valence-corrected chi connectivity index (χ3v) is 3.55. The van der Waals surface area contributed by atoms with E-state index in [1.807, 2.05) is 0 Å². The van der Waals surface area contributed by atoms with Gasteiger partial charge in [-0.3, -0.25) is 4.79 Å². The molecule has 5 nitrogen and oxygen atoms in total. The van der Waals surface area contributed by atoms with Crippen LogP contribution in [0.5, 0.6) is 5.88 Å². The summed E-state index contributed by atoms with van der Waals surface area (Å²) in [6.07, 6.45) is 0. The van der Waals surface area contributed by atoms with Crippen molar-refractivity contribution in [2.75, 3.05) is 0 Å². The normalized spacial score (nSPS) is 10.7. The van der Waals surface area contributed by atoms with E-state index >= 15 is 0 Å². The summed E-state index contributed by atoms with van der Waals surface area (Å²) in [5.41, 5.74) is 2.37. The van der Waals surface area contributed by atoms with Crippen LogP contribution in [0.4, 0.5) is 0 Å². The SMILES string of the molecule is O=c1[nH]c(-c2cscn2)nc(O)c1-c1ccc(Cl)cc1. The molecule has 100 valence electrons. The highest BCUT2D eigenvalue weighted by Gasteiger charge is 2.14. The molecule has 0 saturated carbocycles. The standard InChI is InChI=1S/C13H8ClN3O2S/c14-8-3-1-7(2-4-8)10-12(18)16-11(17-13(10)19)9-5-20-6-15-9/h1-6H,(H2,16,17,18,19). The van der Waals surface area contributed by atoms with Crippen molar-refractivity contribution in [3.8, 4) is 28.5 Å². The maximum atomic E-state index is 12.1. The van der Waals surface area contributed by atoms with Gasteiger partial charge in [0.15, 0.2) is 5.82 Å². The van der Waals surface area contributed by atoms with Gasteiger partial charge in [0.25, 0.3) is 5.56 Å². The summed E-state index contributed by atoms with van der Waals surface area (Å²) >= 11 is 7.18. The predicted octanol–water partition coefficient (Wildman–Crippen LogP) is 2.92. The molecule has 0 radical (unpaired) electrons. The van der Waals surface area contributed by atoms with Crippen LogP contribution in [0.1, 0.15) is 0 Å². The smallest absolute Gasteiger partial charge is 0.262 e. The Morgan fingerprint density at radius 3 is 2.60 bits per heavy atom. The van der Waals surface area contributed by atoms with Crippen LogP contribution in [0.2, 0.25) is 5.02 Å². The predicted molar refractivity (Wildman–Crippen MR) is 78.1 cm³/mol. The third-order valence-electron chi connectivity index (χ3n) is 2.71. The van der Waals surface area contributed by atoms with E-state index in [9.17, 15) is 9.90 Å². The fourth-order valence-electron chi connectivity index (χ4n) is 1.79. The molecular formula is C13H8ClN3O2S. The molecule has 2 heterocycles. The maximum absolute atomic E-state index is 12.1. The number of hydrogen-bond donors (Lipinski definition) is 2. The Bertz CT molecular complexity index is 797. The number of rotatable bonds is 2. The first-order valence-corrected chi connectivity index (χ1v) is 6.95. The summed E-state index contributed by atoms with van der Waals surface area (Å²) in [5.74, 6) is -0.0921. The van der Waals surface area contributed by atoms with E-state index in [1.165, 1.54) is 11.3 Å². The molecule has 0 bridgehead atoms. The lowest BCUT2D eigenvalue weighted by Crippen LogP contribution is -2.12. The molecule has 3 rings (SSSR count). The van der Waals surface area contributed by atoms with Crippen molar-refractivity contribution in [2.24, 2.45) is 0 Å². The van der Waals surface area contributed by atoms with Gasteiger partial charge in [0.1, 0.15) is 11.3 Å². The minimum Gasteiger partial charge on any atom is -0.493 e. The minimum absolute atomic E-state index is 0.112. The van der Waals surface area contributed by atoms with Crippen LogP contribution in [-0.2, 0) is 0 Å². The largest absolute Gasteiger partial charge is 0.493 e. The molecule has 0 aliphatic carbocycles. The number of H-pyrrole nitrogens is 1. The lowest BCUT2D eigenvalue weighted by Gasteiger charge is -2.05. The number of nitrogens with one attached hydrogen (secondary N) is 1. The molecule has 0 unspecified atom stereocenters. The van der Waals surface area contributed by atoms with Crippen LogP contribution in [-0.4, -0.2) is 20.1 Å². The van der Waals surface area contributed by atoms with Crippen molar-refractivity contribution in [3.05, 3.63) is 50.5 Å². The third kappa shape index (κ3) is 2.31. The van der Waals surface area contributed by atoms with Crippen molar-refractivity contribution >= 4 is 22.9 Å². The molecule has 7 heteroatoms. The molecule has 0 fully saturated rings. The fraction of sp³-hybridized carbons (Fsp3) is 0. The van der Waals surface area contributed by atoms with Gasteiger partial charge in [-0.15, -0.1) is 11.3 Å². The molecule has 0 saturated heterocycles. The van der Waals surface area contributed by atoms with Gasteiger partial charge < -0.3 is 10.1 Å². The number of aromatic hydroxyl groups is 1. The molecular weight excluding hydrogens is 298 g/mol. The first-order valence-electron chi connectivity index (χ1n) is 5.63. The molecule has 0 amide bonds. The summed E-state index contributed by atoms with van der Waals surface area (Å²) < 4.78 is 0. The zero-order valence-electron chi connectivity index (χ0n) is 10.0. The highest BCUT2D eigenvalue weighted by Crippen LogP contribution is 2.26. The van der Waals surface area contributed by atoms with Gasteiger partial charge >= 0.3 is 0 Å². The van der Waals surface area contributed by atoms with Gasteiger partial charge in [-0.25, -0.2) is 4.98 Å². The topological polar surface area (TPSA) is 78.9 Å². The van der Waals surface area contributed by atoms with Crippen molar-refractivity contribution in [1.29, 1.82) is 0 Å². The molecule has 20 heavy (non-hydrogen) atoms. The van der Waals surface area contributed by atoms with Gasteiger partial charge in [0.2, 0.25) is 5.88 Å². The molecule has 2 N–H and O–H groups in total. The van der Waals surface area contributed by atoms with Gasteiger partial charge in [-0.1, -0.05) is 23.7 Å². The molecule has 0 aliphatic heterocycles. The van der Waals surface area contributed by atoms with Crippen LogP contribution in [0, 0.1) is 0 Å².